The molecule has 0 saturated carbocycles. The first-order chi connectivity index (χ1) is 11.2. The Kier molecular flexibility index (Phi) is 24.1. The molecule has 0 aromatic rings. The van der Waals surface area contributed by atoms with E-state index in [4.69, 9.17) is 10.2 Å². The van der Waals surface area contributed by atoms with Gasteiger partial charge in [-0.2, -0.15) is 0 Å². The standard InChI is InChI=1S/C10H22.2C4H6O3/c1-3-5-7-9-10-8-6-4-2;2*1-3(5)2-4(6)7/h3-10H2,1-2H3;2*2H2,1H3,(H,6,7). The van der Waals surface area contributed by atoms with Gasteiger partial charge in [-0.05, 0) is 13.8 Å². The molecule has 142 valence electrons. The van der Waals surface area contributed by atoms with Crippen LogP contribution in [-0.2, 0) is 19.2 Å². The van der Waals surface area contributed by atoms with Crippen molar-refractivity contribution >= 4 is 23.5 Å². The number of hydrogen-bond acceptors (Lipinski definition) is 4. The summed E-state index contributed by atoms with van der Waals surface area (Å²) in [4.78, 5) is 38.9. The molecule has 0 fully saturated rings. The van der Waals surface area contributed by atoms with Crippen LogP contribution in [0.1, 0.15) is 91.9 Å². The molecule has 0 heterocycles. The summed E-state index contributed by atoms with van der Waals surface area (Å²) in [6.07, 6.45) is 10.7. The van der Waals surface area contributed by atoms with Gasteiger partial charge in [-0.1, -0.05) is 65.2 Å². The van der Waals surface area contributed by atoms with E-state index in [0.717, 1.165) is 0 Å². The maximum absolute atomic E-state index is 9.87. The second-order valence-electron chi connectivity index (χ2n) is 5.67. The molecule has 0 atom stereocenters. The average molecular weight is 346 g/mol. The number of ketones is 2. The van der Waals surface area contributed by atoms with Crippen molar-refractivity contribution in [3.8, 4) is 0 Å². The lowest BCUT2D eigenvalue weighted by molar-refractivity contribution is -0.141. The fourth-order valence-electron chi connectivity index (χ4n) is 1.63. The monoisotopic (exact) mass is 346 g/mol. The summed E-state index contributed by atoms with van der Waals surface area (Å²) in [6, 6.07) is 0. The number of carbonyl (C=O) groups excluding carboxylic acids is 2. The summed E-state index contributed by atoms with van der Waals surface area (Å²) >= 11 is 0. The molecule has 24 heavy (non-hydrogen) atoms. The number of carbonyl (C=O) groups is 4. The zero-order valence-electron chi connectivity index (χ0n) is 15.6. The molecule has 0 rings (SSSR count). The Morgan fingerprint density at radius 1 is 0.583 bits per heavy atom. The molecule has 0 aliphatic heterocycles. The van der Waals surface area contributed by atoms with Crippen molar-refractivity contribution in [3.63, 3.8) is 0 Å². The Balaban J connectivity index is -0.000000283. The van der Waals surface area contributed by atoms with Crippen LogP contribution in [0.2, 0.25) is 0 Å². The lowest BCUT2D eigenvalue weighted by Gasteiger charge is -1.97. The molecule has 6 heteroatoms. The highest BCUT2D eigenvalue weighted by Crippen LogP contribution is 2.07. The van der Waals surface area contributed by atoms with Crippen molar-refractivity contribution in [2.45, 2.75) is 91.9 Å². The third-order valence-corrected chi connectivity index (χ3v) is 2.76. The first-order valence-electron chi connectivity index (χ1n) is 8.59. The van der Waals surface area contributed by atoms with Crippen molar-refractivity contribution in [2.75, 3.05) is 0 Å². The lowest BCUT2D eigenvalue weighted by atomic mass is 10.1. The van der Waals surface area contributed by atoms with E-state index in [1.165, 1.54) is 65.2 Å². The van der Waals surface area contributed by atoms with Crippen LogP contribution in [0.15, 0.2) is 0 Å². The maximum atomic E-state index is 9.87. The van der Waals surface area contributed by atoms with Crippen LogP contribution < -0.4 is 0 Å². The van der Waals surface area contributed by atoms with Crippen LogP contribution in [-0.4, -0.2) is 33.7 Å². The Morgan fingerprint density at radius 3 is 0.958 bits per heavy atom. The van der Waals surface area contributed by atoms with Gasteiger partial charge >= 0.3 is 11.9 Å². The minimum Gasteiger partial charge on any atom is -0.481 e. The SMILES string of the molecule is CC(=O)CC(=O)O.CC(=O)CC(=O)O.CCCCCCCCCC. The number of carboxylic acid groups (broad SMARTS) is 2. The molecule has 0 aromatic carbocycles. The molecular formula is C18H34O6. The second kappa shape index (κ2) is 21.3. The predicted octanol–water partition coefficient (Wildman–Crippen LogP) is 4.25. The van der Waals surface area contributed by atoms with Crippen LogP contribution in [0.5, 0.6) is 0 Å². The van der Waals surface area contributed by atoms with E-state index in [1.54, 1.807) is 0 Å². The van der Waals surface area contributed by atoms with Crippen molar-refractivity contribution in [1.29, 1.82) is 0 Å². The van der Waals surface area contributed by atoms with Crippen molar-refractivity contribution in [3.05, 3.63) is 0 Å². The molecule has 0 aliphatic rings. The maximum Gasteiger partial charge on any atom is 0.310 e. The van der Waals surface area contributed by atoms with E-state index in [9.17, 15) is 19.2 Å². The zero-order chi connectivity index (χ0) is 19.4. The fraction of sp³-hybridized carbons (Fsp3) is 0.778. The first-order valence-corrected chi connectivity index (χ1v) is 8.59. The molecular weight excluding hydrogens is 312 g/mol. The largest absolute Gasteiger partial charge is 0.481 e. The highest BCUT2D eigenvalue weighted by atomic mass is 16.4. The van der Waals surface area contributed by atoms with Crippen LogP contribution in [0, 0.1) is 0 Å². The van der Waals surface area contributed by atoms with Crippen LogP contribution in [0.25, 0.3) is 0 Å². The lowest BCUT2D eigenvalue weighted by Crippen LogP contribution is -2.00. The number of unbranched alkanes of at least 4 members (excludes halogenated alkanes) is 7. The highest BCUT2D eigenvalue weighted by molar-refractivity contribution is 5.93. The second-order valence-corrected chi connectivity index (χ2v) is 5.67. The van der Waals surface area contributed by atoms with Gasteiger partial charge in [0.15, 0.2) is 0 Å². The van der Waals surface area contributed by atoms with Crippen LogP contribution in [0.3, 0.4) is 0 Å². The van der Waals surface area contributed by atoms with Gasteiger partial charge in [0.25, 0.3) is 0 Å². The molecule has 0 radical (unpaired) electrons. The minimum absolute atomic E-state index is 0.312. The Bertz CT molecular complexity index is 291. The van der Waals surface area contributed by atoms with Gasteiger partial charge in [-0.15, -0.1) is 0 Å². The molecule has 0 spiro atoms. The Labute approximate surface area is 145 Å². The zero-order valence-corrected chi connectivity index (χ0v) is 15.6. The summed E-state index contributed by atoms with van der Waals surface area (Å²) in [7, 11) is 0. The van der Waals surface area contributed by atoms with E-state index >= 15 is 0 Å². The van der Waals surface area contributed by atoms with Gasteiger partial charge < -0.3 is 10.2 Å². The average Bonchev–Trinajstić information content (AvgIpc) is 2.41. The minimum atomic E-state index is -1.06. The fourth-order valence-corrected chi connectivity index (χ4v) is 1.63. The molecule has 0 aliphatic carbocycles. The molecule has 6 nitrogen and oxygen atoms in total. The molecule has 0 unspecified atom stereocenters. The summed E-state index contributed by atoms with van der Waals surface area (Å²) in [5.41, 5.74) is 0. The molecule has 0 saturated heterocycles. The van der Waals surface area contributed by atoms with Gasteiger partial charge in [0.2, 0.25) is 0 Å². The van der Waals surface area contributed by atoms with Crippen molar-refractivity contribution in [1.82, 2.24) is 0 Å². The van der Waals surface area contributed by atoms with Crippen molar-refractivity contribution < 1.29 is 29.4 Å². The molecule has 2 N–H and O–H groups in total. The van der Waals surface area contributed by atoms with Crippen LogP contribution >= 0.6 is 0 Å². The Hall–Kier alpha value is -1.72. The van der Waals surface area contributed by atoms with Gasteiger partial charge in [0.1, 0.15) is 24.4 Å². The van der Waals surface area contributed by atoms with E-state index in [1.807, 2.05) is 0 Å². The normalized spacial score (nSPS) is 9.00. The van der Waals surface area contributed by atoms with E-state index in [0.29, 0.717) is 0 Å². The van der Waals surface area contributed by atoms with Gasteiger partial charge in [0, 0.05) is 0 Å². The van der Waals surface area contributed by atoms with E-state index < -0.39 is 11.9 Å². The number of carboxylic acids is 2. The van der Waals surface area contributed by atoms with E-state index in [2.05, 4.69) is 13.8 Å². The molecule has 0 aromatic heterocycles. The molecule has 0 amide bonds. The number of hydrogen-bond donors (Lipinski definition) is 2. The Morgan fingerprint density at radius 2 is 0.833 bits per heavy atom. The smallest absolute Gasteiger partial charge is 0.310 e. The summed E-state index contributed by atoms with van der Waals surface area (Å²) in [5, 5.41) is 15.7. The van der Waals surface area contributed by atoms with Gasteiger partial charge in [-0.25, -0.2) is 0 Å². The highest BCUT2D eigenvalue weighted by Gasteiger charge is 1.98. The topological polar surface area (TPSA) is 109 Å². The summed E-state index contributed by atoms with van der Waals surface area (Å²) < 4.78 is 0. The number of rotatable bonds is 11. The molecule has 0 bridgehead atoms. The number of aliphatic carboxylic acids is 2. The predicted molar refractivity (Wildman–Crippen MR) is 94.2 cm³/mol. The van der Waals surface area contributed by atoms with Gasteiger partial charge in [-0.3, -0.25) is 19.2 Å². The third-order valence-electron chi connectivity index (χ3n) is 2.76. The summed E-state index contributed by atoms with van der Waals surface area (Å²) in [6.45, 7) is 7.03. The first kappa shape index (κ1) is 27.1. The van der Waals surface area contributed by atoms with Crippen molar-refractivity contribution in [2.24, 2.45) is 0 Å². The quantitative estimate of drug-likeness (QED) is 0.427. The summed E-state index contributed by atoms with van der Waals surface area (Å²) in [5.74, 6) is -2.75. The van der Waals surface area contributed by atoms with Crippen LogP contribution in [0.4, 0.5) is 0 Å². The van der Waals surface area contributed by atoms with Gasteiger partial charge in [0.05, 0.1) is 0 Å². The van der Waals surface area contributed by atoms with E-state index in [-0.39, 0.29) is 24.4 Å². The third kappa shape index (κ3) is 42.7. The number of Topliss-reactive ketones (excluding diaryl/α,β-unsaturated/α-hetero) is 2.